The fourth-order valence-electron chi connectivity index (χ4n) is 2.87. The zero-order valence-electron chi connectivity index (χ0n) is 13.8. The van der Waals surface area contributed by atoms with Gasteiger partial charge in [0.2, 0.25) is 5.88 Å². The third-order valence-electron chi connectivity index (χ3n) is 4.05. The van der Waals surface area contributed by atoms with E-state index in [1.54, 1.807) is 0 Å². The van der Waals surface area contributed by atoms with E-state index in [1.807, 2.05) is 39.0 Å². The van der Waals surface area contributed by atoms with Gasteiger partial charge >= 0.3 is 5.69 Å². The molecule has 3 N–H and O–H groups in total. The van der Waals surface area contributed by atoms with Crippen LogP contribution in [0.1, 0.15) is 30.9 Å². The van der Waals surface area contributed by atoms with Crippen LogP contribution in [0.2, 0.25) is 5.02 Å². The molecule has 8 heteroatoms. The molecular formula is C17H16ClN3O4. The summed E-state index contributed by atoms with van der Waals surface area (Å²) in [4.78, 5) is 30.8. The number of hydrogen-bond donors (Lipinski definition) is 3. The molecule has 3 aromatic rings. The number of para-hydroxylation sites is 1. The Hall–Kier alpha value is -2.80. The standard InChI is InChI=1S/C17H16ClN3O4/c1-7(2)9-6-4-5-8(3)12(9)21-14-10(15(23)20-17(21)25)13(22)11(18)16(24)19-14/h4-7H,1-3H3,(H2,19,22,24)(H,20,23,25). The minimum atomic E-state index is -0.831. The van der Waals surface area contributed by atoms with Gasteiger partial charge in [0, 0.05) is 0 Å². The van der Waals surface area contributed by atoms with E-state index in [-0.39, 0.29) is 17.0 Å². The Balaban J connectivity index is 2.61. The minimum Gasteiger partial charge on any atom is -0.505 e. The van der Waals surface area contributed by atoms with Crippen molar-refractivity contribution in [3.8, 4) is 17.3 Å². The summed E-state index contributed by atoms with van der Waals surface area (Å²) >= 11 is 5.78. The summed E-state index contributed by atoms with van der Waals surface area (Å²) in [5, 5.41) is 19.3. The van der Waals surface area contributed by atoms with E-state index in [0.29, 0.717) is 5.69 Å². The number of H-pyrrole nitrogens is 1. The predicted octanol–water partition coefficient (Wildman–Crippen LogP) is 2.57. The third kappa shape index (κ3) is 2.56. The highest BCUT2D eigenvalue weighted by molar-refractivity contribution is 6.34. The fourth-order valence-corrected chi connectivity index (χ4v) is 3.01. The van der Waals surface area contributed by atoms with E-state index in [0.717, 1.165) is 11.1 Å². The van der Waals surface area contributed by atoms with Gasteiger partial charge in [0.25, 0.3) is 5.56 Å². The van der Waals surface area contributed by atoms with Crippen LogP contribution < -0.4 is 11.2 Å². The molecule has 0 atom stereocenters. The number of nitrogens with zero attached hydrogens (tertiary/aromatic N) is 2. The minimum absolute atomic E-state index is 0.0817. The van der Waals surface area contributed by atoms with Crippen LogP contribution in [0.3, 0.4) is 0 Å². The van der Waals surface area contributed by atoms with E-state index >= 15 is 0 Å². The molecule has 2 heterocycles. The van der Waals surface area contributed by atoms with Crippen molar-refractivity contribution in [2.45, 2.75) is 26.7 Å². The van der Waals surface area contributed by atoms with E-state index in [9.17, 15) is 19.8 Å². The first-order valence-electron chi connectivity index (χ1n) is 7.60. The molecule has 130 valence electrons. The molecule has 7 nitrogen and oxygen atoms in total. The SMILES string of the molecule is Cc1cccc(C(C)C)c1-n1c(=O)[nH]c(=O)c2c(O)c(Cl)c(O)nc21. The van der Waals surface area contributed by atoms with Crippen molar-refractivity contribution in [3.05, 3.63) is 55.2 Å². The number of nitrogens with one attached hydrogen (secondary N) is 1. The molecule has 1 aromatic carbocycles. The first kappa shape index (κ1) is 17.0. The topological polar surface area (TPSA) is 108 Å². The van der Waals surface area contributed by atoms with Crippen LogP contribution >= 0.6 is 11.6 Å². The highest BCUT2D eigenvalue weighted by atomic mass is 35.5. The maximum atomic E-state index is 12.6. The molecule has 3 rings (SSSR count). The van der Waals surface area contributed by atoms with Gasteiger partial charge in [-0.05, 0) is 24.0 Å². The molecule has 0 aliphatic carbocycles. The Morgan fingerprint density at radius 2 is 1.92 bits per heavy atom. The van der Waals surface area contributed by atoms with Crippen molar-refractivity contribution in [2.75, 3.05) is 0 Å². The Kier molecular flexibility index (Phi) is 4.04. The zero-order valence-corrected chi connectivity index (χ0v) is 14.5. The zero-order chi connectivity index (χ0) is 18.5. The number of aromatic amines is 1. The predicted molar refractivity (Wildman–Crippen MR) is 95.1 cm³/mol. The van der Waals surface area contributed by atoms with Crippen molar-refractivity contribution in [3.63, 3.8) is 0 Å². The largest absolute Gasteiger partial charge is 0.505 e. The summed E-state index contributed by atoms with van der Waals surface area (Å²) in [6.45, 7) is 5.76. The highest BCUT2D eigenvalue weighted by Gasteiger charge is 2.22. The molecule has 2 aromatic heterocycles. The molecule has 0 spiro atoms. The quantitative estimate of drug-likeness (QED) is 0.650. The van der Waals surface area contributed by atoms with Crippen LogP contribution in [0.4, 0.5) is 0 Å². The normalized spacial score (nSPS) is 11.4. The van der Waals surface area contributed by atoms with Gasteiger partial charge < -0.3 is 10.2 Å². The number of hydrogen-bond acceptors (Lipinski definition) is 5. The Labute approximate surface area is 147 Å². The van der Waals surface area contributed by atoms with Crippen molar-refractivity contribution in [2.24, 2.45) is 0 Å². The summed E-state index contributed by atoms with van der Waals surface area (Å²) in [6, 6.07) is 5.55. The number of aryl methyl sites for hydroxylation is 1. The van der Waals surface area contributed by atoms with Gasteiger partial charge in [-0.25, -0.2) is 9.36 Å². The molecule has 25 heavy (non-hydrogen) atoms. The second-order valence-electron chi connectivity index (χ2n) is 6.06. The smallest absolute Gasteiger partial charge is 0.334 e. The molecule has 0 aliphatic rings. The Morgan fingerprint density at radius 3 is 2.56 bits per heavy atom. The van der Waals surface area contributed by atoms with Crippen LogP contribution in [0, 0.1) is 6.92 Å². The lowest BCUT2D eigenvalue weighted by Gasteiger charge is -2.18. The van der Waals surface area contributed by atoms with Crippen LogP contribution in [0.5, 0.6) is 11.6 Å². The molecule has 0 aliphatic heterocycles. The lowest BCUT2D eigenvalue weighted by Crippen LogP contribution is -2.31. The molecule has 0 saturated carbocycles. The van der Waals surface area contributed by atoms with Gasteiger partial charge in [0.1, 0.15) is 10.4 Å². The molecule has 0 saturated heterocycles. The number of aromatic hydroxyl groups is 2. The number of pyridine rings is 1. The Morgan fingerprint density at radius 1 is 1.24 bits per heavy atom. The van der Waals surface area contributed by atoms with Gasteiger partial charge in [-0.2, -0.15) is 4.98 Å². The number of halogens is 1. The number of aromatic nitrogens is 3. The monoisotopic (exact) mass is 361 g/mol. The molecule has 0 amide bonds. The second kappa shape index (κ2) is 5.93. The molecule has 0 unspecified atom stereocenters. The van der Waals surface area contributed by atoms with E-state index in [1.165, 1.54) is 4.57 Å². The van der Waals surface area contributed by atoms with Crippen LogP contribution in [-0.4, -0.2) is 24.7 Å². The number of benzene rings is 1. The average Bonchev–Trinajstić information content (AvgIpc) is 2.53. The summed E-state index contributed by atoms with van der Waals surface area (Å²) in [7, 11) is 0. The number of fused-ring (bicyclic) bond motifs is 1. The van der Waals surface area contributed by atoms with Gasteiger partial charge in [-0.1, -0.05) is 43.6 Å². The summed E-state index contributed by atoms with van der Waals surface area (Å²) in [6.07, 6.45) is 0. The maximum absolute atomic E-state index is 12.6. The van der Waals surface area contributed by atoms with Crippen molar-refractivity contribution < 1.29 is 10.2 Å². The number of rotatable bonds is 2. The van der Waals surface area contributed by atoms with Gasteiger partial charge in [0.05, 0.1) is 5.69 Å². The van der Waals surface area contributed by atoms with Crippen molar-refractivity contribution >= 4 is 22.6 Å². The highest BCUT2D eigenvalue weighted by Crippen LogP contribution is 2.36. The van der Waals surface area contributed by atoms with Crippen molar-refractivity contribution in [1.82, 2.24) is 14.5 Å². The fraction of sp³-hybridized carbons (Fsp3) is 0.235. The summed E-state index contributed by atoms with van der Waals surface area (Å²) < 4.78 is 1.18. The van der Waals surface area contributed by atoms with Crippen molar-refractivity contribution in [1.29, 1.82) is 0 Å². The van der Waals surface area contributed by atoms with Gasteiger partial charge in [-0.3, -0.25) is 9.78 Å². The lowest BCUT2D eigenvalue weighted by atomic mass is 9.98. The van der Waals surface area contributed by atoms with Crippen LogP contribution in [0.15, 0.2) is 27.8 Å². The third-order valence-corrected chi connectivity index (χ3v) is 4.40. The van der Waals surface area contributed by atoms with Crippen LogP contribution in [-0.2, 0) is 0 Å². The van der Waals surface area contributed by atoms with Crippen LogP contribution in [0.25, 0.3) is 16.7 Å². The average molecular weight is 362 g/mol. The maximum Gasteiger partial charge on any atom is 0.334 e. The molecular weight excluding hydrogens is 346 g/mol. The van der Waals surface area contributed by atoms with Gasteiger partial charge in [-0.15, -0.1) is 0 Å². The molecule has 0 radical (unpaired) electrons. The lowest BCUT2D eigenvalue weighted by molar-refractivity contribution is 0.439. The summed E-state index contributed by atoms with van der Waals surface area (Å²) in [5.74, 6) is -1.21. The molecule has 0 fully saturated rings. The van der Waals surface area contributed by atoms with E-state index in [2.05, 4.69) is 9.97 Å². The first-order chi connectivity index (χ1) is 11.7. The second-order valence-corrected chi connectivity index (χ2v) is 6.44. The van der Waals surface area contributed by atoms with E-state index < -0.39 is 27.9 Å². The summed E-state index contributed by atoms with van der Waals surface area (Å²) in [5.41, 5.74) is 0.454. The first-order valence-corrected chi connectivity index (χ1v) is 7.98. The molecule has 0 bridgehead atoms. The Bertz CT molecular complexity index is 1120. The van der Waals surface area contributed by atoms with E-state index in [4.69, 9.17) is 11.6 Å². The van der Waals surface area contributed by atoms with Gasteiger partial charge in [0.15, 0.2) is 11.4 Å².